The third-order valence-electron chi connectivity index (χ3n) is 1.82. The number of allylic oxidation sites excluding steroid dienone is 3. The van der Waals surface area contributed by atoms with Crippen molar-refractivity contribution in [2.24, 2.45) is 0 Å². The summed E-state index contributed by atoms with van der Waals surface area (Å²) >= 11 is 1.95. The van der Waals surface area contributed by atoms with Gasteiger partial charge in [0, 0.05) is 5.25 Å². The molecular formula is C9H14S. The minimum Gasteiger partial charge on any atom is -0.161 e. The minimum absolute atomic E-state index is 0.789. The molecule has 1 aliphatic rings. The Morgan fingerprint density at radius 1 is 1.60 bits per heavy atom. The van der Waals surface area contributed by atoms with E-state index < -0.39 is 0 Å². The van der Waals surface area contributed by atoms with E-state index in [2.05, 4.69) is 25.8 Å². The zero-order valence-electron chi connectivity index (χ0n) is 6.68. The van der Waals surface area contributed by atoms with Gasteiger partial charge in [-0.25, -0.2) is 0 Å². The molecule has 0 spiro atoms. The van der Waals surface area contributed by atoms with Crippen LogP contribution in [0.3, 0.4) is 0 Å². The van der Waals surface area contributed by atoms with Crippen LogP contribution in [-0.2, 0) is 0 Å². The van der Waals surface area contributed by atoms with Gasteiger partial charge >= 0.3 is 0 Å². The van der Waals surface area contributed by atoms with Crippen molar-refractivity contribution in [3.05, 3.63) is 23.8 Å². The highest BCUT2D eigenvalue weighted by molar-refractivity contribution is 7.99. The molecule has 1 unspecified atom stereocenters. The van der Waals surface area contributed by atoms with Gasteiger partial charge in [0.1, 0.15) is 0 Å². The maximum absolute atomic E-state index is 3.97. The number of hydrogen-bond acceptors (Lipinski definition) is 1. The summed E-state index contributed by atoms with van der Waals surface area (Å²) in [7, 11) is 0. The topological polar surface area (TPSA) is 0 Å². The fraction of sp³-hybridized carbons (Fsp3) is 0.556. The first-order valence-electron chi connectivity index (χ1n) is 3.60. The average molecular weight is 154 g/mol. The summed E-state index contributed by atoms with van der Waals surface area (Å²) in [5, 5.41) is 0.789. The first-order valence-corrected chi connectivity index (χ1v) is 4.89. The Balaban J connectivity index is 2.60. The van der Waals surface area contributed by atoms with Gasteiger partial charge in [0.25, 0.3) is 0 Å². The molecule has 0 aliphatic heterocycles. The van der Waals surface area contributed by atoms with Crippen LogP contribution < -0.4 is 0 Å². The molecule has 0 heterocycles. The number of rotatable bonds is 1. The molecule has 0 aromatic rings. The smallest absolute Gasteiger partial charge is 0.0122 e. The Bertz CT molecular complexity index is 168. The van der Waals surface area contributed by atoms with Crippen molar-refractivity contribution in [1.29, 1.82) is 0 Å². The average Bonchev–Trinajstić information content (AvgIpc) is 1.85. The predicted molar refractivity (Wildman–Crippen MR) is 49.4 cm³/mol. The van der Waals surface area contributed by atoms with Crippen LogP contribution in [0.2, 0.25) is 0 Å². The maximum Gasteiger partial charge on any atom is 0.0122 e. The Labute approximate surface area is 67.4 Å². The lowest BCUT2D eigenvalue weighted by molar-refractivity contribution is 0.807. The third kappa shape index (κ3) is 1.91. The van der Waals surface area contributed by atoms with Crippen LogP contribution in [0.1, 0.15) is 19.8 Å². The monoisotopic (exact) mass is 154 g/mol. The molecule has 0 fully saturated rings. The number of hydrogen-bond donors (Lipinski definition) is 0. The van der Waals surface area contributed by atoms with E-state index in [1.165, 1.54) is 24.0 Å². The molecule has 10 heavy (non-hydrogen) atoms. The van der Waals surface area contributed by atoms with Crippen LogP contribution in [0.25, 0.3) is 0 Å². The molecule has 0 aromatic carbocycles. The zero-order valence-corrected chi connectivity index (χ0v) is 7.50. The van der Waals surface area contributed by atoms with Crippen molar-refractivity contribution >= 4 is 11.8 Å². The fourth-order valence-electron chi connectivity index (χ4n) is 1.36. The van der Waals surface area contributed by atoms with E-state index in [4.69, 9.17) is 0 Å². The standard InChI is InChI=1S/C9H14S/c1-7-4-8(2)6-9(5-7)10-3/h4,9H,1,5-6H2,2-3H3. The van der Waals surface area contributed by atoms with Crippen LogP contribution in [-0.4, -0.2) is 11.5 Å². The molecule has 1 rings (SSSR count). The lowest BCUT2D eigenvalue weighted by Gasteiger charge is -2.20. The van der Waals surface area contributed by atoms with Gasteiger partial charge in [-0.3, -0.25) is 0 Å². The van der Waals surface area contributed by atoms with E-state index in [0.29, 0.717) is 0 Å². The molecule has 0 saturated carbocycles. The normalized spacial score (nSPS) is 26.4. The van der Waals surface area contributed by atoms with Gasteiger partial charge in [-0.1, -0.05) is 23.8 Å². The second-order valence-corrected chi connectivity index (χ2v) is 4.05. The summed E-state index contributed by atoms with van der Waals surface area (Å²) in [5.74, 6) is 0. The molecule has 1 heteroatoms. The molecule has 0 N–H and O–H groups in total. The van der Waals surface area contributed by atoms with Crippen molar-refractivity contribution in [3.8, 4) is 0 Å². The molecule has 56 valence electrons. The summed E-state index contributed by atoms with van der Waals surface area (Å²) in [6.45, 7) is 6.16. The van der Waals surface area contributed by atoms with Crippen molar-refractivity contribution in [3.63, 3.8) is 0 Å². The summed E-state index contributed by atoms with van der Waals surface area (Å²) in [4.78, 5) is 0. The molecule has 0 bridgehead atoms. The van der Waals surface area contributed by atoms with E-state index in [9.17, 15) is 0 Å². The fourth-order valence-corrected chi connectivity index (χ4v) is 2.17. The Morgan fingerprint density at radius 2 is 2.30 bits per heavy atom. The first kappa shape index (κ1) is 7.93. The number of thioether (sulfide) groups is 1. The molecule has 0 saturated heterocycles. The lowest BCUT2D eigenvalue weighted by Crippen LogP contribution is -2.07. The highest BCUT2D eigenvalue weighted by atomic mass is 32.2. The van der Waals surface area contributed by atoms with Gasteiger partial charge < -0.3 is 0 Å². The molecule has 0 nitrogen and oxygen atoms in total. The van der Waals surface area contributed by atoms with Crippen molar-refractivity contribution < 1.29 is 0 Å². The van der Waals surface area contributed by atoms with E-state index in [0.717, 1.165) is 5.25 Å². The molecule has 1 atom stereocenters. The maximum atomic E-state index is 3.97. The van der Waals surface area contributed by atoms with Crippen molar-refractivity contribution in [1.82, 2.24) is 0 Å². The summed E-state index contributed by atoms with van der Waals surface area (Å²) in [6, 6.07) is 0. The summed E-state index contributed by atoms with van der Waals surface area (Å²) < 4.78 is 0. The Hall–Kier alpha value is -0.170. The molecule has 1 aliphatic carbocycles. The second-order valence-electron chi connectivity index (χ2n) is 2.91. The largest absolute Gasteiger partial charge is 0.161 e. The van der Waals surface area contributed by atoms with E-state index >= 15 is 0 Å². The van der Waals surface area contributed by atoms with Gasteiger partial charge in [0.15, 0.2) is 0 Å². The minimum atomic E-state index is 0.789. The van der Waals surface area contributed by atoms with Gasteiger partial charge in [0.2, 0.25) is 0 Å². The Kier molecular flexibility index (Phi) is 2.61. The summed E-state index contributed by atoms with van der Waals surface area (Å²) in [6.07, 6.45) is 6.82. The molecule has 0 aromatic heterocycles. The van der Waals surface area contributed by atoms with Crippen LogP contribution in [0.4, 0.5) is 0 Å². The van der Waals surface area contributed by atoms with Gasteiger partial charge in [-0.2, -0.15) is 11.8 Å². The SMILES string of the molecule is C=C1C=C(C)CC(SC)C1. The first-order chi connectivity index (χ1) is 4.72. The van der Waals surface area contributed by atoms with Crippen LogP contribution in [0.15, 0.2) is 23.8 Å². The van der Waals surface area contributed by atoms with Gasteiger partial charge in [0.05, 0.1) is 0 Å². The summed E-state index contributed by atoms with van der Waals surface area (Å²) in [5.41, 5.74) is 2.78. The Morgan fingerprint density at radius 3 is 2.80 bits per heavy atom. The lowest BCUT2D eigenvalue weighted by atomic mass is 9.97. The van der Waals surface area contributed by atoms with E-state index in [-0.39, 0.29) is 0 Å². The molecule has 0 radical (unpaired) electrons. The highest BCUT2D eigenvalue weighted by Gasteiger charge is 2.13. The van der Waals surface area contributed by atoms with E-state index in [1.54, 1.807) is 0 Å². The second kappa shape index (κ2) is 3.29. The highest BCUT2D eigenvalue weighted by Crippen LogP contribution is 2.28. The van der Waals surface area contributed by atoms with Crippen LogP contribution >= 0.6 is 11.8 Å². The van der Waals surface area contributed by atoms with Crippen molar-refractivity contribution in [2.45, 2.75) is 25.0 Å². The quantitative estimate of drug-likeness (QED) is 0.559. The third-order valence-corrected chi connectivity index (χ3v) is 2.82. The molecule has 0 amide bonds. The van der Waals surface area contributed by atoms with Crippen LogP contribution in [0.5, 0.6) is 0 Å². The predicted octanol–water partition coefficient (Wildman–Crippen LogP) is 3.01. The van der Waals surface area contributed by atoms with Crippen molar-refractivity contribution in [2.75, 3.05) is 6.26 Å². The zero-order chi connectivity index (χ0) is 7.56. The van der Waals surface area contributed by atoms with Crippen LogP contribution in [0, 0.1) is 0 Å². The van der Waals surface area contributed by atoms with E-state index in [1.807, 2.05) is 11.8 Å². The van der Waals surface area contributed by atoms with Gasteiger partial charge in [-0.15, -0.1) is 0 Å². The van der Waals surface area contributed by atoms with Gasteiger partial charge in [-0.05, 0) is 26.0 Å². The molecular weight excluding hydrogens is 140 g/mol.